The Morgan fingerprint density at radius 1 is 1.00 bits per heavy atom. The van der Waals surface area contributed by atoms with Gasteiger partial charge in [-0.05, 0) is 54.8 Å². The smallest absolute Gasteiger partial charge is 0.416 e. The van der Waals surface area contributed by atoms with Crippen molar-refractivity contribution in [3.63, 3.8) is 0 Å². The van der Waals surface area contributed by atoms with Gasteiger partial charge in [0.2, 0.25) is 0 Å². The van der Waals surface area contributed by atoms with Gasteiger partial charge in [-0.1, -0.05) is 23.7 Å². The lowest BCUT2D eigenvalue weighted by Crippen LogP contribution is -2.23. The van der Waals surface area contributed by atoms with Gasteiger partial charge >= 0.3 is 12.1 Å². The number of carboxylic acid groups (broad SMARTS) is 1. The van der Waals surface area contributed by atoms with E-state index in [0.717, 1.165) is 55.8 Å². The van der Waals surface area contributed by atoms with Gasteiger partial charge in [0.25, 0.3) is 5.91 Å². The number of hydrogen-bond acceptors (Lipinski definition) is 5. The number of aliphatic carboxylic acids is 1. The number of halogens is 4. The third-order valence-corrected chi connectivity index (χ3v) is 6.08. The third kappa shape index (κ3) is 6.12. The summed E-state index contributed by atoms with van der Waals surface area (Å²) >= 11 is 6.35. The Balaban J connectivity index is 1.46. The Bertz CT molecular complexity index is 1260. The molecular weight excluding hydrogens is 497 g/mol. The summed E-state index contributed by atoms with van der Waals surface area (Å²) in [7, 11) is 0. The molecule has 0 bridgehead atoms. The van der Waals surface area contributed by atoms with Gasteiger partial charge < -0.3 is 15.3 Å². The number of hydrogen-bond donors (Lipinski definition) is 2. The second-order valence-corrected chi connectivity index (χ2v) is 8.76. The Hall–Kier alpha value is -3.66. The van der Waals surface area contributed by atoms with Crippen molar-refractivity contribution in [3.05, 3.63) is 81.8 Å². The maximum atomic E-state index is 12.7. The van der Waals surface area contributed by atoms with Gasteiger partial charge in [-0.15, -0.1) is 0 Å². The molecule has 36 heavy (non-hydrogen) atoms. The van der Waals surface area contributed by atoms with Crippen molar-refractivity contribution < 1.29 is 27.9 Å². The maximum absolute atomic E-state index is 12.7. The van der Waals surface area contributed by atoms with Gasteiger partial charge in [0.1, 0.15) is 16.8 Å². The predicted molar refractivity (Wildman–Crippen MR) is 128 cm³/mol. The zero-order chi connectivity index (χ0) is 25.9. The van der Waals surface area contributed by atoms with E-state index < -0.39 is 23.6 Å². The number of benzene rings is 2. The molecule has 1 aliphatic heterocycles. The number of carboxylic acids is 1. The highest BCUT2D eigenvalue weighted by Crippen LogP contribution is 2.30. The average Bonchev–Trinajstić information content (AvgIpc) is 3.36. The fraction of sp³-hybridized carbons (Fsp3) is 0.280. The number of amides is 1. The molecule has 0 aliphatic carbocycles. The molecule has 188 valence electrons. The van der Waals surface area contributed by atoms with Crippen molar-refractivity contribution in [2.45, 2.75) is 31.9 Å². The minimum Gasteiger partial charge on any atom is -0.481 e. The van der Waals surface area contributed by atoms with Crippen LogP contribution in [0.2, 0.25) is 5.15 Å². The van der Waals surface area contributed by atoms with E-state index in [2.05, 4.69) is 15.3 Å². The van der Waals surface area contributed by atoms with Crippen LogP contribution < -0.4 is 10.2 Å². The first-order chi connectivity index (χ1) is 17.1. The molecule has 2 aromatic carbocycles. The van der Waals surface area contributed by atoms with Crippen LogP contribution in [0.15, 0.2) is 48.5 Å². The van der Waals surface area contributed by atoms with Crippen molar-refractivity contribution in [1.29, 1.82) is 0 Å². The lowest BCUT2D eigenvalue weighted by Gasteiger charge is -2.21. The molecule has 0 atom stereocenters. The molecular formula is C25H22ClF3N4O3. The second-order valence-electron chi connectivity index (χ2n) is 8.40. The minimum atomic E-state index is -4.47. The molecule has 1 amide bonds. The van der Waals surface area contributed by atoms with Gasteiger partial charge in [-0.25, -0.2) is 9.97 Å². The van der Waals surface area contributed by atoms with E-state index in [9.17, 15) is 27.9 Å². The number of anilines is 2. The molecule has 7 nitrogen and oxygen atoms in total. The molecule has 0 unspecified atom stereocenters. The Kier molecular flexibility index (Phi) is 7.44. The maximum Gasteiger partial charge on any atom is 0.416 e. The van der Waals surface area contributed by atoms with Gasteiger partial charge in [-0.2, -0.15) is 13.2 Å². The number of alkyl halides is 3. The largest absolute Gasteiger partial charge is 0.481 e. The molecule has 0 spiro atoms. The predicted octanol–water partition coefficient (Wildman–Crippen LogP) is 5.22. The highest BCUT2D eigenvalue weighted by molar-refractivity contribution is 6.30. The zero-order valence-corrected chi connectivity index (χ0v) is 19.7. The van der Waals surface area contributed by atoms with Crippen LogP contribution in [0.4, 0.5) is 24.7 Å². The highest BCUT2D eigenvalue weighted by atomic mass is 35.5. The summed E-state index contributed by atoms with van der Waals surface area (Å²) in [5, 5.41) is 12.0. The number of nitrogens with zero attached hydrogens (tertiary/aromatic N) is 3. The van der Waals surface area contributed by atoms with Gasteiger partial charge in [0, 0.05) is 36.3 Å². The molecule has 0 saturated carbocycles. The number of nitrogens with one attached hydrogen (secondary N) is 1. The van der Waals surface area contributed by atoms with Crippen LogP contribution in [0.3, 0.4) is 0 Å². The molecule has 1 saturated heterocycles. The lowest BCUT2D eigenvalue weighted by atomic mass is 10.1. The van der Waals surface area contributed by atoms with Crippen LogP contribution in [0.1, 0.15) is 45.7 Å². The summed E-state index contributed by atoms with van der Waals surface area (Å²) in [6.45, 7) is 1.54. The first-order valence-corrected chi connectivity index (χ1v) is 11.6. The fourth-order valence-corrected chi connectivity index (χ4v) is 4.21. The zero-order valence-electron chi connectivity index (χ0n) is 19.0. The van der Waals surface area contributed by atoms with Crippen molar-refractivity contribution in [1.82, 2.24) is 9.97 Å². The Morgan fingerprint density at radius 3 is 2.22 bits per heavy atom. The van der Waals surface area contributed by atoms with Crippen LogP contribution >= 0.6 is 11.6 Å². The Morgan fingerprint density at radius 2 is 1.64 bits per heavy atom. The summed E-state index contributed by atoms with van der Waals surface area (Å²) in [4.78, 5) is 34.6. The second kappa shape index (κ2) is 10.5. The van der Waals surface area contributed by atoms with E-state index in [4.69, 9.17) is 11.6 Å². The molecule has 3 aromatic rings. The lowest BCUT2D eigenvalue weighted by molar-refractivity contribution is -0.138. The summed E-state index contributed by atoms with van der Waals surface area (Å²) in [6.07, 6.45) is -2.42. The highest BCUT2D eigenvalue weighted by Gasteiger charge is 2.30. The third-order valence-electron chi connectivity index (χ3n) is 5.76. The van der Waals surface area contributed by atoms with Crippen LogP contribution in [0, 0.1) is 0 Å². The van der Waals surface area contributed by atoms with E-state index in [-0.39, 0.29) is 17.1 Å². The minimum absolute atomic E-state index is 0.103. The number of carbonyl (C=O) groups excluding carboxylic acids is 1. The summed E-state index contributed by atoms with van der Waals surface area (Å²) in [5.74, 6) is -0.554. The van der Waals surface area contributed by atoms with E-state index in [1.807, 2.05) is 4.90 Å². The summed E-state index contributed by atoms with van der Waals surface area (Å²) in [5.41, 5.74) is 0.978. The summed E-state index contributed by atoms with van der Waals surface area (Å²) in [6, 6.07) is 10.8. The number of carbonyl (C=O) groups is 2. The number of aromatic nitrogens is 2. The first-order valence-electron chi connectivity index (χ1n) is 11.2. The van der Waals surface area contributed by atoms with Gasteiger partial charge in [0.05, 0.1) is 12.0 Å². The van der Waals surface area contributed by atoms with Crippen molar-refractivity contribution in [3.8, 4) is 0 Å². The average molecular weight is 519 g/mol. The standard InChI is InChI=1S/C25H22ClF3N4O3/c26-22-19(14-21(34)35)23(33-11-1-2-12-33)32-20(31-22)13-15-3-9-18(10-4-15)30-24(36)16-5-7-17(8-6-16)25(27,28)29/h3-10H,1-2,11-14H2,(H,30,36)(H,34,35). The van der Waals surface area contributed by atoms with E-state index >= 15 is 0 Å². The molecule has 2 heterocycles. The van der Waals surface area contributed by atoms with E-state index in [0.29, 0.717) is 29.3 Å². The van der Waals surface area contributed by atoms with E-state index in [1.54, 1.807) is 24.3 Å². The van der Waals surface area contributed by atoms with Gasteiger partial charge in [0.15, 0.2) is 0 Å². The molecule has 1 aliphatic rings. The van der Waals surface area contributed by atoms with Crippen molar-refractivity contribution in [2.75, 3.05) is 23.3 Å². The molecule has 4 rings (SSSR count). The topological polar surface area (TPSA) is 95.4 Å². The van der Waals surface area contributed by atoms with Crippen LogP contribution in [-0.4, -0.2) is 40.0 Å². The normalized spacial score (nSPS) is 13.6. The van der Waals surface area contributed by atoms with Crippen molar-refractivity contribution in [2.24, 2.45) is 0 Å². The number of rotatable bonds is 7. The molecule has 0 radical (unpaired) electrons. The molecule has 11 heteroatoms. The Labute approximate surface area is 209 Å². The van der Waals surface area contributed by atoms with Crippen LogP contribution in [0.25, 0.3) is 0 Å². The molecule has 1 aromatic heterocycles. The first kappa shape index (κ1) is 25.4. The van der Waals surface area contributed by atoms with Gasteiger partial charge in [-0.3, -0.25) is 9.59 Å². The SMILES string of the molecule is O=C(O)Cc1c(Cl)nc(Cc2ccc(NC(=O)c3ccc(C(F)(F)F)cc3)cc2)nc1N1CCCC1. The molecule has 1 fully saturated rings. The van der Waals surface area contributed by atoms with Crippen LogP contribution in [0.5, 0.6) is 0 Å². The summed E-state index contributed by atoms with van der Waals surface area (Å²) < 4.78 is 38.1. The monoisotopic (exact) mass is 518 g/mol. The van der Waals surface area contributed by atoms with E-state index in [1.165, 1.54) is 0 Å². The quantitative estimate of drug-likeness (QED) is 0.416. The van der Waals surface area contributed by atoms with Crippen LogP contribution in [-0.2, 0) is 23.8 Å². The molecule has 2 N–H and O–H groups in total. The van der Waals surface area contributed by atoms with Crippen molar-refractivity contribution >= 4 is 35.0 Å². The fourth-order valence-electron chi connectivity index (χ4n) is 3.96.